The topological polar surface area (TPSA) is 75.0 Å². The number of halogens is 1. The first-order valence-electron chi connectivity index (χ1n) is 12.3. The number of imidazole rings is 1. The molecule has 5 rings (SSSR count). The van der Waals surface area contributed by atoms with Crippen molar-refractivity contribution in [1.29, 1.82) is 0 Å². The van der Waals surface area contributed by atoms with Crippen LogP contribution in [0.5, 0.6) is 0 Å². The van der Waals surface area contributed by atoms with Crippen LogP contribution in [0.1, 0.15) is 33.4 Å². The van der Waals surface area contributed by atoms with Crippen LogP contribution in [-0.4, -0.2) is 52.2 Å². The molecule has 4 heterocycles. The third-order valence-electron chi connectivity index (χ3n) is 6.19. The highest BCUT2D eigenvalue weighted by Crippen LogP contribution is 2.34. The first-order chi connectivity index (χ1) is 17.6. The molecule has 0 unspecified atom stereocenters. The van der Waals surface area contributed by atoms with E-state index >= 15 is 0 Å². The lowest BCUT2D eigenvalue weighted by molar-refractivity contribution is 0.0496. The monoisotopic (exact) mass is 522 g/mol. The minimum atomic E-state index is -0.517. The molecule has 1 fully saturated rings. The number of pyridine rings is 1. The number of amides is 1. The van der Waals surface area contributed by atoms with E-state index in [1.165, 1.54) is 23.5 Å². The van der Waals surface area contributed by atoms with Gasteiger partial charge in [-0.1, -0.05) is 6.92 Å². The molecule has 0 atom stereocenters. The lowest BCUT2D eigenvalue weighted by atomic mass is 10.1. The van der Waals surface area contributed by atoms with Crippen LogP contribution >= 0.6 is 11.3 Å². The fourth-order valence-electron chi connectivity index (χ4n) is 4.37. The number of ether oxygens (including phenoxy) is 1. The number of nitrogens with zero attached hydrogens (tertiary/aromatic N) is 5. The Kier molecular flexibility index (Phi) is 6.53. The molecule has 194 valence electrons. The summed E-state index contributed by atoms with van der Waals surface area (Å²) in [6.45, 7) is 9.07. The van der Waals surface area contributed by atoms with E-state index in [9.17, 15) is 9.18 Å². The number of carbonyl (C=O) groups excluding carboxylic acids is 1. The van der Waals surface area contributed by atoms with Gasteiger partial charge in [0.25, 0.3) is 0 Å². The van der Waals surface area contributed by atoms with Crippen molar-refractivity contribution in [1.82, 2.24) is 19.7 Å². The normalized spacial score (nSPS) is 14.1. The zero-order valence-electron chi connectivity index (χ0n) is 21.7. The van der Waals surface area contributed by atoms with Gasteiger partial charge in [0.15, 0.2) is 5.13 Å². The fourth-order valence-corrected chi connectivity index (χ4v) is 5.17. The van der Waals surface area contributed by atoms with E-state index < -0.39 is 5.60 Å². The molecular weight excluding hydrogens is 491 g/mol. The standard InChI is InChI=1S/C27H31FN6O2S/c1-6-21-24(32(5)25-31-22(16-37-25)17-7-9-18(28)10-8-17)34-15-20(11-12-23(34)30-21)33-13-19(14-33)29-26(35)36-27(2,3)4/h7-12,15-16,19H,6,13-14H2,1-5H3,(H,29,35). The van der Waals surface area contributed by atoms with Gasteiger partial charge in [0, 0.05) is 37.3 Å². The van der Waals surface area contributed by atoms with Crippen molar-refractivity contribution in [2.24, 2.45) is 0 Å². The van der Waals surface area contributed by atoms with Gasteiger partial charge >= 0.3 is 6.09 Å². The number of hydrogen-bond donors (Lipinski definition) is 1. The summed E-state index contributed by atoms with van der Waals surface area (Å²) in [5, 5.41) is 5.74. The van der Waals surface area contributed by atoms with Gasteiger partial charge in [-0.3, -0.25) is 4.40 Å². The number of thiazole rings is 1. The van der Waals surface area contributed by atoms with Crippen LogP contribution in [0.4, 0.5) is 25.8 Å². The molecule has 0 aliphatic carbocycles. The smallest absolute Gasteiger partial charge is 0.407 e. The van der Waals surface area contributed by atoms with E-state index in [0.29, 0.717) is 13.1 Å². The van der Waals surface area contributed by atoms with Gasteiger partial charge in [-0.2, -0.15) is 0 Å². The molecule has 3 aromatic heterocycles. The third-order valence-corrected chi connectivity index (χ3v) is 7.10. The maximum absolute atomic E-state index is 13.3. The molecule has 1 aliphatic heterocycles. The number of carbonyl (C=O) groups is 1. The van der Waals surface area contributed by atoms with Crippen molar-refractivity contribution < 1.29 is 13.9 Å². The number of aryl methyl sites for hydroxylation is 1. The van der Waals surface area contributed by atoms with Crippen LogP contribution in [0.15, 0.2) is 48.0 Å². The third kappa shape index (κ3) is 5.24. The van der Waals surface area contributed by atoms with Gasteiger partial charge in [0.2, 0.25) is 0 Å². The number of hydrogen-bond acceptors (Lipinski definition) is 7. The molecule has 0 saturated carbocycles. The maximum atomic E-state index is 13.3. The number of alkyl carbamates (subject to hydrolysis) is 1. The van der Waals surface area contributed by atoms with Crippen LogP contribution in [0.2, 0.25) is 0 Å². The Morgan fingerprint density at radius 2 is 1.92 bits per heavy atom. The fraction of sp³-hybridized carbons (Fsp3) is 0.370. The quantitative estimate of drug-likeness (QED) is 0.353. The van der Waals surface area contributed by atoms with E-state index in [1.54, 1.807) is 12.1 Å². The van der Waals surface area contributed by atoms with Gasteiger partial charge in [0.05, 0.1) is 23.1 Å². The Labute approximate surface area is 219 Å². The molecule has 0 radical (unpaired) electrons. The summed E-state index contributed by atoms with van der Waals surface area (Å²) in [6, 6.07) is 10.5. The zero-order chi connectivity index (χ0) is 26.3. The van der Waals surface area contributed by atoms with Crippen LogP contribution < -0.4 is 15.1 Å². The molecule has 0 bridgehead atoms. The molecule has 1 saturated heterocycles. The number of benzene rings is 1. The van der Waals surface area contributed by atoms with E-state index in [2.05, 4.69) is 38.7 Å². The minimum absolute atomic E-state index is 0.0434. The Morgan fingerprint density at radius 1 is 1.19 bits per heavy atom. The molecule has 1 aliphatic rings. The van der Waals surface area contributed by atoms with Crippen molar-refractivity contribution in [3.63, 3.8) is 0 Å². The summed E-state index contributed by atoms with van der Waals surface area (Å²) in [4.78, 5) is 26.0. The van der Waals surface area contributed by atoms with Crippen molar-refractivity contribution >= 4 is 39.7 Å². The predicted octanol–water partition coefficient (Wildman–Crippen LogP) is 5.64. The highest BCUT2D eigenvalue weighted by Gasteiger charge is 2.30. The van der Waals surface area contributed by atoms with E-state index in [1.807, 2.05) is 39.3 Å². The molecule has 0 spiro atoms. The van der Waals surface area contributed by atoms with Crippen molar-refractivity contribution in [3.8, 4) is 11.3 Å². The SMILES string of the molecule is CCc1nc2ccc(N3CC(NC(=O)OC(C)(C)C)C3)cn2c1N(C)c1nc(-c2ccc(F)cc2)cs1. The second-order valence-electron chi connectivity index (χ2n) is 10.2. The zero-order valence-corrected chi connectivity index (χ0v) is 22.5. The first kappa shape index (κ1) is 25.0. The minimum Gasteiger partial charge on any atom is -0.444 e. The summed E-state index contributed by atoms with van der Waals surface area (Å²) in [5.41, 5.74) is 4.06. The maximum Gasteiger partial charge on any atom is 0.407 e. The number of nitrogens with one attached hydrogen (secondary N) is 1. The van der Waals surface area contributed by atoms with Gasteiger partial charge in [-0.25, -0.2) is 19.2 Å². The summed E-state index contributed by atoms with van der Waals surface area (Å²) in [7, 11) is 1.99. The average Bonchev–Trinajstić information content (AvgIpc) is 3.45. The van der Waals surface area contributed by atoms with Crippen LogP contribution in [0.25, 0.3) is 16.9 Å². The second-order valence-corrected chi connectivity index (χ2v) is 11.0. The molecule has 4 aromatic rings. The molecular formula is C27H31FN6O2S. The molecule has 10 heteroatoms. The van der Waals surface area contributed by atoms with Crippen LogP contribution in [-0.2, 0) is 11.2 Å². The van der Waals surface area contributed by atoms with Gasteiger partial charge in [0.1, 0.15) is 22.9 Å². The van der Waals surface area contributed by atoms with Gasteiger partial charge in [-0.15, -0.1) is 11.3 Å². The van der Waals surface area contributed by atoms with Gasteiger partial charge < -0.3 is 19.9 Å². The largest absolute Gasteiger partial charge is 0.444 e. The summed E-state index contributed by atoms with van der Waals surface area (Å²) < 4.78 is 20.8. The van der Waals surface area contributed by atoms with Gasteiger partial charge in [-0.05, 0) is 63.6 Å². The van der Waals surface area contributed by atoms with Crippen LogP contribution in [0, 0.1) is 5.82 Å². The molecule has 1 N–H and O–H groups in total. The number of fused-ring (bicyclic) bond motifs is 1. The summed E-state index contributed by atoms with van der Waals surface area (Å²) in [6.07, 6.45) is 2.48. The van der Waals surface area contributed by atoms with Crippen molar-refractivity contribution in [3.05, 3.63) is 59.5 Å². The predicted molar refractivity (Wildman–Crippen MR) is 146 cm³/mol. The Hall–Kier alpha value is -3.66. The number of rotatable bonds is 6. The van der Waals surface area contributed by atoms with Crippen LogP contribution in [0.3, 0.4) is 0 Å². The second kappa shape index (κ2) is 9.66. The first-order valence-corrected chi connectivity index (χ1v) is 13.2. The molecule has 37 heavy (non-hydrogen) atoms. The number of aromatic nitrogens is 3. The van der Waals surface area contributed by atoms with E-state index in [0.717, 1.165) is 45.7 Å². The van der Waals surface area contributed by atoms with Crippen molar-refractivity contribution in [2.75, 3.05) is 29.9 Å². The molecule has 1 amide bonds. The number of anilines is 3. The van der Waals surface area contributed by atoms with Crippen molar-refractivity contribution in [2.45, 2.75) is 45.8 Å². The highest BCUT2D eigenvalue weighted by molar-refractivity contribution is 7.14. The summed E-state index contributed by atoms with van der Waals surface area (Å²) >= 11 is 1.54. The van der Waals surface area contributed by atoms with E-state index in [-0.39, 0.29) is 18.0 Å². The Balaban J connectivity index is 1.36. The Morgan fingerprint density at radius 3 is 2.59 bits per heavy atom. The van der Waals surface area contributed by atoms with E-state index in [4.69, 9.17) is 14.7 Å². The highest BCUT2D eigenvalue weighted by atomic mass is 32.1. The lowest BCUT2D eigenvalue weighted by Gasteiger charge is -2.41. The summed E-state index contributed by atoms with van der Waals surface area (Å²) in [5.74, 6) is 0.697. The average molecular weight is 523 g/mol. The molecule has 1 aromatic carbocycles. The molecule has 8 nitrogen and oxygen atoms in total. The Bertz CT molecular complexity index is 1420. The lowest BCUT2D eigenvalue weighted by Crippen LogP contribution is -2.60.